The van der Waals surface area contributed by atoms with Crippen LogP contribution in [0.4, 0.5) is 17.1 Å². The molecule has 0 aliphatic carbocycles. The minimum Gasteiger partial charge on any atom is -0.506 e. The molecule has 0 unspecified atom stereocenters. The van der Waals surface area contributed by atoms with E-state index < -0.39 is 15.9 Å². The van der Waals surface area contributed by atoms with Crippen LogP contribution >= 0.6 is 11.8 Å². The largest absolute Gasteiger partial charge is 0.506 e. The Hall–Kier alpha value is -3.70. The highest BCUT2D eigenvalue weighted by Crippen LogP contribution is 2.33. The van der Waals surface area contributed by atoms with Gasteiger partial charge in [-0.3, -0.25) is 14.3 Å². The average Bonchev–Trinajstić information content (AvgIpc) is 3.00. The molecule has 4 rings (SSSR count). The van der Waals surface area contributed by atoms with Crippen LogP contribution in [0.3, 0.4) is 0 Å². The lowest BCUT2D eigenvalue weighted by Crippen LogP contribution is -2.16. The Kier molecular flexibility index (Phi) is 6.66. The monoisotopic (exact) mass is 499 g/mol. The summed E-state index contributed by atoms with van der Waals surface area (Å²) in [6.45, 7) is 0. The molecule has 4 N–H and O–H groups in total. The molecule has 3 aromatic carbocycles. The second-order valence-electron chi connectivity index (χ2n) is 7.30. The van der Waals surface area contributed by atoms with E-state index in [0.29, 0.717) is 23.6 Å². The third-order valence-electron chi connectivity index (χ3n) is 4.98. The van der Waals surface area contributed by atoms with Crippen LogP contribution in [0.25, 0.3) is 0 Å². The summed E-state index contributed by atoms with van der Waals surface area (Å²) in [5.41, 5.74) is 0.929. The van der Waals surface area contributed by atoms with Gasteiger partial charge in [-0.05, 0) is 48.5 Å². The van der Waals surface area contributed by atoms with Crippen molar-refractivity contribution in [3.05, 3.63) is 66.2 Å². The van der Waals surface area contributed by atoms with Gasteiger partial charge in [0.15, 0.2) is 0 Å². The molecule has 0 saturated heterocycles. The predicted octanol–water partition coefficient (Wildman–Crippen LogP) is 3.89. The van der Waals surface area contributed by atoms with Crippen molar-refractivity contribution in [2.45, 2.75) is 16.2 Å². The van der Waals surface area contributed by atoms with Gasteiger partial charge in [0.2, 0.25) is 5.91 Å². The van der Waals surface area contributed by atoms with E-state index in [9.17, 15) is 23.1 Å². The number of hydrogen-bond donors (Lipinski definition) is 4. The standard InChI is InChI=1S/C23H21N3O6S2/c1-32-20-5-3-2-4-16(20)26-34(30,31)15-7-8-19(27)17(13-15)25-23(29)14-6-9-21-18(12-14)24-22(28)10-11-33-21/h2-9,12-13,26-27H,10-11H2,1H3,(H,24,28)(H,25,29). The summed E-state index contributed by atoms with van der Waals surface area (Å²) in [5.74, 6) is -0.0339. The molecule has 0 spiro atoms. The Morgan fingerprint density at radius 1 is 1.09 bits per heavy atom. The van der Waals surface area contributed by atoms with Crippen molar-refractivity contribution < 1.29 is 27.9 Å². The van der Waals surface area contributed by atoms with E-state index in [2.05, 4.69) is 15.4 Å². The topological polar surface area (TPSA) is 134 Å². The molecule has 0 saturated carbocycles. The van der Waals surface area contributed by atoms with Gasteiger partial charge in [-0.2, -0.15) is 0 Å². The number of para-hydroxylation sites is 2. The van der Waals surface area contributed by atoms with Crippen molar-refractivity contribution in [1.82, 2.24) is 0 Å². The minimum absolute atomic E-state index is 0.0822. The molecular formula is C23H21N3O6S2. The molecule has 0 aromatic heterocycles. The van der Waals surface area contributed by atoms with Crippen molar-refractivity contribution in [2.75, 3.05) is 28.2 Å². The van der Waals surface area contributed by atoms with Crippen LogP contribution in [-0.4, -0.2) is 38.2 Å². The quantitative estimate of drug-likeness (QED) is 0.378. The zero-order chi connectivity index (χ0) is 24.3. The summed E-state index contributed by atoms with van der Waals surface area (Å²) < 4.78 is 33.4. The van der Waals surface area contributed by atoms with E-state index in [1.807, 2.05) is 0 Å². The number of phenols is 1. The molecule has 2 amide bonds. The highest BCUT2D eigenvalue weighted by Gasteiger charge is 2.20. The highest BCUT2D eigenvalue weighted by molar-refractivity contribution is 7.99. The van der Waals surface area contributed by atoms with Gasteiger partial charge in [-0.1, -0.05) is 12.1 Å². The second kappa shape index (κ2) is 9.65. The lowest BCUT2D eigenvalue weighted by atomic mass is 10.1. The Labute approximate surface area is 200 Å². The molecule has 3 aromatic rings. The molecule has 0 fully saturated rings. The number of methoxy groups -OCH3 is 1. The van der Waals surface area contributed by atoms with Gasteiger partial charge in [-0.15, -0.1) is 11.8 Å². The van der Waals surface area contributed by atoms with E-state index >= 15 is 0 Å². The molecule has 1 heterocycles. The molecular weight excluding hydrogens is 478 g/mol. The van der Waals surface area contributed by atoms with Crippen LogP contribution < -0.4 is 20.1 Å². The fraction of sp³-hybridized carbons (Fsp3) is 0.130. The van der Waals surface area contributed by atoms with Gasteiger partial charge >= 0.3 is 0 Å². The van der Waals surface area contributed by atoms with Gasteiger partial charge in [0.05, 0.1) is 29.1 Å². The molecule has 0 atom stereocenters. The maximum absolute atomic E-state index is 12.9. The third kappa shape index (κ3) is 5.10. The van der Waals surface area contributed by atoms with Crippen LogP contribution in [0, 0.1) is 0 Å². The van der Waals surface area contributed by atoms with Crippen molar-refractivity contribution in [1.29, 1.82) is 0 Å². The number of amides is 2. The molecule has 176 valence electrons. The lowest BCUT2D eigenvalue weighted by molar-refractivity contribution is -0.115. The average molecular weight is 500 g/mol. The molecule has 0 radical (unpaired) electrons. The Balaban J connectivity index is 1.58. The Bertz CT molecular complexity index is 1370. The molecule has 1 aliphatic heterocycles. The molecule has 0 bridgehead atoms. The number of thioether (sulfide) groups is 1. The van der Waals surface area contributed by atoms with Crippen molar-refractivity contribution in [3.8, 4) is 11.5 Å². The zero-order valence-corrected chi connectivity index (χ0v) is 19.6. The maximum Gasteiger partial charge on any atom is 0.262 e. The normalized spacial score (nSPS) is 13.3. The number of rotatable bonds is 6. The fourth-order valence-corrected chi connectivity index (χ4v) is 5.30. The van der Waals surface area contributed by atoms with E-state index in [1.165, 1.54) is 31.0 Å². The Morgan fingerprint density at radius 2 is 1.88 bits per heavy atom. The summed E-state index contributed by atoms with van der Waals surface area (Å²) in [5, 5.41) is 15.5. The summed E-state index contributed by atoms with van der Waals surface area (Å²) in [6, 6.07) is 15.0. The fourth-order valence-electron chi connectivity index (χ4n) is 3.27. The molecule has 9 nitrogen and oxygen atoms in total. The number of phenolic OH excluding ortho intramolecular Hbond substituents is 1. The van der Waals surface area contributed by atoms with E-state index in [1.54, 1.807) is 42.5 Å². The zero-order valence-electron chi connectivity index (χ0n) is 18.0. The van der Waals surface area contributed by atoms with Gasteiger partial charge in [-0.25, -0.2) is 8.42 Å². The number of carbonyl (C=O) groups is 2. The van der Waals surface area contributed by atoms with Crippen LogP contribution in [0.2, 0.25) is 0 Å². The first-order valence-electron chi connectivity index (χ1n) is 10.1. The number of ether oxygens (including phenoxy) is 1. The van der Waals surface area contributed by atoms with Gasteiger partial charge in [0.25, 0.3) is 15.9 Å². The number of hydrogen-bond acceptors (Lipinski definition) is 7. The predicted molar refractivity (Wildman–Crippen MR) is 130 cm³/mol. The number of aromatic hydroxyl groups is 1. The van der Waals surface area contributed by atoms with Crippen molar-refractivity contribution in [3.63, 3.8) is 0 Å². The SMILES string of the molecule is COc1ccccc1NS(=O)(=O)c1ccc(O)c(NC(=O)c2ccc3c(c2)NC(=O)CCS3)c1. The summed E-state index contributed by atoms with van der Waals surface area (Å²) in [4.78, 5) is 25.3. The number of benzene rings is 3. The number of nitrogens with one attached hydrogen (secondary N) is 3. The second-order valence-corrected chi connectivity index (χ2v) is 10.1. The van der Waals surface area contributed by atoms with Crippen LogP contribution in [-0.2, 0) is 14.8 Å². The van der Waals surface area contributed by atoms with Crippen molar-refractivity contribution >= 4 is 50.7 Å². The van der Waals surface area contributed by atoms with E-state index in [4.69, 9.17) is 4.74 Å². The maximum atomic E-state index is 12.9. The van der Waals surface area contributed by atoms with Crippen molar-refractivity contribution in [2.24, 2.45) is 0 Å². The number of fused-ring (bicyclic) bond motifs is 1. The Morgan fingerprint density at radius 3 is 2.68 bits per heavy atom. The first-order chi connectivity index (χ1) is 16.3. The molecule has 34 heavy (non-hydrogen) atoms. The number of sulfonamides is 1. The third-order valence-corrected chi connectivity index (χ3v) is 7.42. The lowest BCUT2D eigenvalue weighted by Gasteiger charge is -2.14. The highest BCUT2D eigenvalue weighted by atomic mass is 32.2. The number of carbonyl (C=O) groups excluding carboxylic acids is 2. The summed E-state index contributed by atoms with van der Waals surface area (Å²) in [7, 11) is -2.63. The van der Waals surface area contributed by atoms with Gasteiger partial charge in [0, 0.05) is 22.6 Å². The van der Waals surface area contributed by atoms with Gasteiger partial charge in [0.1, 0.15) is 11.5 Å². The van der Waals surface area contributed by atoms with Crippen LogP contribution in [0.5, 0.6) is 11.5 Å². The first kappa shape index (κ1) is 23.5. The van der Waals surface area contributed by atoms with Gasteiger partial charge < -0.3 is 20.5 Å². The minimum atomic E-state index is -4.05. The van der Waals surface area contributed by atoms with E-state index in [0.717, 1.165) is 11.0 Å². The van der Waals surface area contributed by atoms with Crippen LogP contribution in [0.1, 0.15) is 16.8 Å². The summed E-state index contributed by atoms with van der Waals surface area (Å²) >= 11 is 1.51. The molecule has 11 heteroatoms. The molecule has 1 aliphatic rings. The smallest absolute Gasteiger partial charge is 0.262 e. The van der Waals surface area contributed by atoms with Crippen LogP contribution in [0.15, 0.2) is 70.5 Å². The van der Waals surface area contributed by atoms with E-state index in [-0.39, 0.29) is 33.5 Å². The summed E-state index contributed by atoms with van der Waals surface area (Å²) in [6.07, 6.45) is 0.374. The first-order valence-corrected chi connectivity index (χ1v) is 12.6. The number of anilines is 3.